The minimum atomic E-state index is -1.20. The van der Waals surface area contributed by atoms with Crippen molar-refractivity contribution in [2.75, 3.05) is 6.61 Å². The molecule has 1 aromatic rings. The molecule has 0 aromatic carbocycles. The van der Waals surface area contributed by atoms with Crippen LogP contribution < -0.4 is 5.69 Å². The molecule has 0 bridgehead atoms. The quantitative estimate of drug-likeness (QED) is 0.634. The highest BCUT2D eigenvalue weighted by atomic mass is 16.5. The number of nitrogens with one attached hydrogen (secondary N) is 1. The molecule has 1 aliphatic rings. The van der Waals surface area contributed by atoms with Crippen molar-refractivity contribution in [3.8, 4) is 0 Å². The van der Waals surface area contributed by atoms with Crippen molar-refractivity contribution in [1.82, 2.24) is 9.97 Å². The van der Waals surface area contributed by atoms with Crippen molar-refractivity contribution >= 4 is 5.97 Å². The summed E-state index contributed by atoms with van der Waals surface area (Å²) in [5, 5.41) is 8.79. The summed E-state index contributed by atoms with van der Waals surface area (Å²) < 4.78 is 5.10. The van der Waals surface area contributed by atoms with E-state index in [1.54, 1.807) is 0 Å². The molecule has 0 aliphatic carbocycles. The average molecular weight is 196 g/mol. The Morgan fingerprint density at radius 1 is 1.57 bits per heavy atom. The van der Waals surface area contributed by atoms with Crippen LogP contribution in [0.5, 0.6) is 0 Å². The Kier molecular flexibility index (Phi) is 2.05. The molecule has 0 atom stereocenters. The fraction of sp³-hybridized carbons (Fsp3) is 0.375. The summed E-state index contributed by atoms with van der Waals surface area (Å²) in [6.07, 6.45) is 0.521. The Hall–Kier alpha value is -1.69. The molecule has 0 saturated heterocycles. The fourth-order valence-corrected chi connectivity index (χ4v) is 1.44. The zero-order valence-corrected chi connectivity index (χ0v) is 7.24. The predicted octanol–water partition coefficient (Wildman–Crippen LogP) is -0.459. The summed E-state index contributed by atoms with van der Waals surface area (Å²) in [4.78, 5) is 27.7. The van der Waals surface area contributed by atoms with E-state index in [1.807, 2.05) is 0 Å². The van der Waals surface area contributed by atoms with Gasteiger partial charge >= 0.3 is 11.7 Å². The highest BCUT2D eigenvalue weighted by Crippen LogP contribution is 2.15. The Bertz CT molecular complexity index is 437. The standard InChI is InChI=1S/C8H8N2O4/c11-7(12)6-4-3-14-2-1-5(4)9-8(13)10-6/h1-3H2,(H,11,12)(H,9,10,13). The van der Waals surface area contributed by atoms with Crippen molar-refractivity contribution in [3.63, 3.8) is 0 Å². The van der Waals surface area contributed by atoms with Gasteiger partial charge in [-0.1, -0.05) is 0 Å². The first kappa shape index (κ1) is 8.89. The van der Waals surface area contributed by atoms with Crippen LogP contribution in [0.15, 0.2) is 4.79 Å². The van der Waals surface area contributed by atoms with Gasteiger partial charge in [0.2, 0.25) is 0 Å². The number of carboxylic acids is 1. The Labute approximate surface area is 78.6 Å². The smallest absolute Gasteiger partial charge is 0.355 e. The van der Waals surface area contributed by atoms with E-state index >= 15 is 0 Å². The molecule has 0 radical (unpaired) electrons. The number of H-pyrrole nitrogens is 1. The third-order valence-corrected chi connectivity index (χ3v) is 2.07. The number of hydrogen-bond donors (Lipinski definition) is 2. The molecule has 1 aromatic heterocycles. The molecule has 0 fully saturated rings. The first-order chi connectivity index (χ1) is 6.68. The van der Waals surface area contributed by atoms with E-state index in [0.29, 0.717) is 24.3 Å². The van der Waals surface area contributed by atoms with Crippen LogP contribution in [-0.4, -0.2) is 27.7 Å². The van der Waals surface area contributed by atoms with Crippen molar-refractivity contribution in [2.45, 2.75) is 13.0 Å². The molecule has 2 rings (SSSR count). The number of hydrogen-bond acceptors (Lipinski definition) is 4. The van der Waals surface area contributed by atoms with Crippen molar-refractivity contribution in [1.29, 1.82) is 0 Å². The summed E-state index contributed by atoms with van der Waals surface area (Å²) in [5.74, 6) is -1.20. The van der Waals surface area contributed by atoms with Gasteiger partial charge in [0.15, 0.2) is 5.69 Å². The lowest BCUT2D eigenvalue weighted by Gasteiger charge is -2.16. The van der Waals surface area contributed by atoms with Gasteiger partial charge < -0.3 is 14.8 Å². The van der Waals surface area contributed by atoms with E-state index in [4.69, 9.17) is 9.84 Å². The van der Waals surface area contributed by atoms with Gasteiger partial charge in [0.1, 0.15) is 0 Å². The Morgan fingerprint density at radius 3 is 3.07 bits per heavy atom. The highest BCUT2D eigenvalue weighted by Gasteiger charge is 2.20. The van der Waals surface area contributed by atoms with Crippen molar-refractivity contribution in [2.24, 2.45) is 0 Å². The molecular formula is C8H8N2O4. The summed E-state index contributed by atoms with van der Waals surface area (Å²) in [7, 11) is 0. The minimum absolute atomic E-state index is 0.195. The van der Waals surface area contributed by atoms with Crippen LogP contribution in [0, 0.1) is 0 Å². The lowest BCUT2D eigenvalue weighted by atomic mass is 10.1. The number of aromatic carboxylic acids is 1. The predicted molar refractivity (Wildman–Crippen MR) is 45.2 cm³/mol. The average Bonchev–Trinajstić information content (AvgIpc) is 2.16. The monoisotopic (exact) mass is 196 g/mol. The van der Waals surface area contributed by atoms with E-state index in [1.165, 1.54) is 0 Å². The van der Waals surface area contributed by atoms with Crippen molar-refractivity contribution < 1.29 is 14.6 Å². The number of carbonyl (C=O) groups is 1. The molecule has 2 N–H and O–H groups in total. The second-order valence-electron chi connectivity index (χ2n) is 2.96. The number of aromatic nitrogens is 2. The summed E-state index contributed by atoms with van der Waals surface area (Å²) in [5.41, 5.74) is 0.267. The number of aromatic amines is 1. The fourth-order valence-electron chi connectivity index (χ4n) is 1.44. The molecule has 14 heavy (non-hydrogen) atoms. The van der Waals surface area contributed by atoms with Crippen LogP contribution in [0.2, 0.25) is 0 Å². The number of nitrogens with zero attached hydrogens (tertiary/aromatic N) is 1. The number of fused-ring (bicyclic) bond motifs is 1. The molecule has 0 spiro atoms. The molecule has 1 aliphatic heterocycles. The van der Waals surface area contributed by atoms with Crippen LogP contribution in [0.1, 0.15) is 21.7 Å². The van der Waals surface area contributed by atoms with Gasteiger partial charge in [-0.2, -0.15) is 4.98 Å². The van der Waals surface area contributed by atoms with Crippen molar-refractivity contribution in [3.05, 3.63) is 27.4 Å². The van der Waals surface area contributed by atoms with Gasteiger partial charge in [-0.3, -0.25) is 0 Å². The molecule has 2 heterocycles. The number of ether oxygens (including phenoxy) is 1. The van der Waals surface area contributed by atoms with Gasteiger partial charge in [0.25, 0.3) is 0 Å². The first-order valence-electron chi connectivity index (χ1n) is 4.11. The number of rotatable bonds is 1. The largest absolute Gasteiger partial charge is 0.476 e. The lowest BCUT2D eigenvalue weighted by Crippen LogP contribution is -2.25. The molecule has 0 saturated carbocycles. The summed E-state index contributed by atoms with van der Waals surface area (Å²) >= 11 is 0. The zero-order chi connectivity index (χ0) is 10.1. The SMILES string of the molecule is O=C(O)c1nc(=O)[nH]c2c1COCC2. The molecule has 74 valence electrons. The second kappa shape index (κ2) is 3.22. The van der Waals surface area contributed by atoms with E-state index < -0.39 is 11.7 Å². The van der Waals surface area contributed by atoms with E-state index in [2.05, 4.69) is 9.97 Å². The van der Waals surface area contributed by atoms with Gasteiger partial charge in [0, 0.05) is 17.7 Å². The molecule has 6 nitrogen and oxygen atoms in total. The number of carboxylic acid groups (broad SMARTS) is 1. The zero-order valence-electron chi connectivity index (χ0n) is 7.24. The van der Waals surface area contributed by atoms with E-state index in [-0.39, 0.29) is 12.3 Å². The van der Waals surface area contributed by atoms with Crippen LogP contribution in [-0.2, 0) is 17.8 Å². The third kappa shape index (κ3) is 1.39. The highest BCUT2D eigenvalue weighted by molar-refractivity contribution is 5.87. The third-order valence-electron chi connectivity index (χ3n) is 2.07. The maximum atomic E-state index is 11.0. The molecule has 6 heteroatoms. The van der Waals surface area contributed by atoms with Gasteiger partial charge in [0.05, 0.1) is 13.2 Å². The first-order valence-corrected chi connectivity index (χ1v) is 4.11. The van der Waals surface area contributed by atoms with E-state index in [9.17, 15) is 9.59 Å². The Balaban J connectivity index is 2.64. The van der Waals surface area contributed by atoms with Gasteiger partial charge in [-0.25, -0.2) is 9.59 Å². The van der Waals surface area contributed by atoms with E-state index in [0.717, 1.165) is 0 Å². The maximum absolute atomic E-state index is 11.0. The summed E-state index contributed by atoms with van der Waals surface area (Å²) in [6.45, 7) is 0.687. The topological polar surface area (TPSA) is 92.3 Å². The van der Waals surface area contributed by atoms with Gasteiger partial charge in [-0.15, -0.1) is 0 Å². The molecule has 0 amide bonds. The molecule has 0 unspecified atom stereocenters. The van der Waals surface area contributed by atoms with Crippen LogP contribution in [0.3, 0.4) is 0 Å². The summed E-state index contributed by atoms with van der Waals surface area (Å²) in [6, 6.07) is 0. The molecular weight excluding hydrogens is 188 g/mol. The normalized spacial score (nSPS) is 14.9. The minimum Gasteiger partial charge on any atom is -0.476 e. The lowest BCUT2D eigenvalue weighted by molar-refractivity contribution is 0.0671. The van der Waals surface area contributed by atoms with Gasteiger partial charge in [-0.05, 0) is 0 Å². The Morgan fingerprint density at radius 2 is 2.36 bits per heavy atom. The maximum Gasteiger partial charge on any atom is 0.355 e. The van der Waals surface area contributed by atoms with Crippen LogP contribution in [0.4, 0.5) is 0 Å². The van der Waals surface area contributed by atoms with Crippen LogP contribution in [0.25, 0.3) is 0 Å². The second-order valence-corrected chi connectivity index (χ2v) is 2.96. The van der Waals surface area contributed by atoms with Crippen LogP contribution >= 0.6 is 0 Å².